The molecule has 0 aliphatic carbocycles. The van der Waals surface area contributed by atoms with Gasteiger partial charge in [-0.3, -0.25) is 9.69 Å². The van der Waals surface area contributed by atoms with Crippen LogP contribution >= 0.6 is 0 Å². The maximum absolute atomic E-state index is 12.5. The second kappa shape index (κ2) is 7.57. The first-order chi connectivity index (χ1) is 11.6. The van der Waals surface area contributed by atoms with E-state index in [9.17, 15) is 4.79 Å². The van der Waals surface area contributed by atoms with Gasteiger partial charge in [-0.2, -0.15) is 4.98 Å². The van der Waals surface area contributed by atoms with Gasteiger partial charge >= 0.3 is 0 Å². The summed E-state index contributed by atoms with van der Waals surface area (Å²) >= 11 is 0. The van der Waals surface area contributed by atoms with Crippen molar-refractivity contribution in [3.8, 4) is 0 Å². The molecule has 1 aromatic heterocycles. The Labute approximate surface area is 142 Å². The van der Waals surface area contributed by atoms with Gasteiger partial charge in [0.1, 0.15) is 0 Å². The van der Waals surface area contributed by atoms with Crippen LogP contribution in [-0.4, -0.2) is 33.5 Å². The smallest absolute Gasteiger partial charge is 0.241 e. The van der Waals surface area contributed by atoms with Gasteiger partial charge in [0.05, 0.1) is 12.6 Å². The standard InChI is InChI=1S/C18H24N4O2/c1-13(2)11-17-20-16(21-24-17)12-22-10-6-9-15(22)18(23)19-14-7-4-3-5-8-14/h3-5,7-8,13,15H,6,9-12H2,1-2H3,(H,19,23)/t15-/m0/s1. The Morgan fingerprint density at radius 3 is 2.92 bits per heavy atom. The van der Waals surface area contributed by atoms with E-state index >= 15 is 0 Å². The fourth-order valence-electron chi connectivity index (χ4n) is 3.03. The van der Waals surface area contributed by atoms with Crippen molar-refractivity contribution in [2.75, 3.05) is 11.9 Å². The summed E-state index contributed by atoms with van der Waals surface area (Å²) in [6.45, 7) is 5.66. The molecule has 128 valence electrons. The third-order valence-corrected chi connectivity index (χ3v) is 4.15. The highest BCUT2D eigenvalue weighted by atomic mass is 16.5. The molecule has 3 rings (SSSR count). The molecule has 1 atom stereocenters. The quantitative estimate of drug-likeness (QED) is 0.883. The lowest BCUT2D eigenvalue weighted by Crippen LogP contribution is -2.39. The van der Waals surface area contributed by atoms with E-state index in [2.05, 4.69) is 34.2 Å². The highest BCUT2D eigenvalue weighted by Crippen LogP contribution is 2.21. The van der Waals surface area contributed by atoms with Gasteiger partial charge in [-0.15, -0.1) is 0 Å². The third kappa shape index (κ3) is 4.20. The predicted octanol–water partition coefficient (Wildman–Crippen LogP) is 2.87. The summed E-state index contributed by atoms with van der Waals surface area (Å²) < 4.78 is 5.29. The Morgan fingerprint density at radius 1 is 1.38 bits per heavy atom. The van der Waals surface area contributed by atoms with Gasteiger partial charge in [0, 0.05) is 12.1 Å². The molecule has 1 aliphatic heterocycles. The van der Waals surface area contributed by atoms with Crippen molar-refractivity contribution in [1.82, 2.24) is 15.0 Å². The number of likely N-dealkylation sites (tertiary alicyclic amines) is 1. The van der Waals surface area contributed by atoms with Gasteiger partial charge in [0.15, 0.2) is 5.82 Å². The van der Waals surface area contributed by atoms with Crippen molar-refractivity contribution in [3.63, 3.8) is 0 Å². The molecule has 6 nitrogen and oxygen atoms in total. The normalized spacial score (nSPS) is 18.2. The molecule has 2 heterocycles. The van der Waals surface area contributed by atoms with E-state index in [1.165, 1.54) is 0 Å². The number of hydrogen-bond acceptors (Lipinski definition) is 5. The Morgan fingerprint density at radius 2 is 2.17 bits per heavy atom. The van der Waals surface area contributed by atoms with Gasteiger partial charge in [-0.1, -0.05) is 37.2 Å². The number of benzene rings is 1. The van der Waals surface area contributed by atoms with Crippen molar-refractivity contribution < 1.29 is 9.32 Å². The van der Waals surface area contributed by atoms with Crippen LogP contribution < -0.4 is 5.32 Å². The Bertz CT molecular complexity index is 669. The summed E-state index contributed by atoms with van der Waals surface area (Å²) in [5.74, 6) is 1.84. The molecule has 1 N–H and O–H groups in total. The number of nitrogens with zero attached hydrogens (tertiary/aromatic N) is 3. The van der Waals surface area contributed by atoms with E-state index in [1.54, 1.807) is 0 Å². The number of carbonyl (C=O) groups excluding carboxylic acids is 1. The highest BCUT2D eigenvalue weighted by molar-refractivity contribution is 5.94. The number of amides is 1. The second-order valence-electron chi connectivity index (χ2n) is 6.69. The minimum absolute atomic E-state index is 0.0320. The van der Waals surface area contributed by atoms with Gasteiger partial charge < -0.3 is 9.84 Å². The van der Waals surface area contributed by atoms with E-state index in [1.807, 2.05) is 30.3 Å². The average Bonchev–Trinajstić information content (AvgIpc) is 3.18. The molecular weight excluding hydrogens is 304 g/mol. The zero-order chi connectivity index (χ0) is 16.9. The van der Waals surface area contributed by atoms with Gasteiger partial charge in [-0.05, 0) is 37.4 Å². The molecule has 2 aromatic rings. The maximum atomic E-state index is 12.5. The fraction of sp³-hybridized carbons (Fsp3) is 0.500. The van der Waals surface area contributed by atoms with Crippen molar-refractivity contribution >= 4 is 11.6 Å². The summed E-state index contributed by atoms with van der Waals surface area (Å²) in [5.41, 5.74) is 0.827. The van der Waals surface area contributed by atoms with E-state index in [-0.39, 0.29) is 11.9 Å². The molecule has 0 bridgehead atoms. The average molecular weight is 328 g/mol. The van der Waals surface area contributed by atoms with Crippen molar-refractivity contribution in [3.05, 3.63) is 42.0 Å². The highest BCUT2D eigenvalue weighted by Gasteiger charge is 2.31. The summed E-state index contributed by atoms with van der Waals surface area (Å²) in [5, 5.41) is 7.04. The van der Waals surface area contributed by atoms with Crippen LogP contribution in [0, 0.1) is 5.92 Å². The first-order valence-electron chi connectivity index (χ1n) is 8.53. The molecule has 6 heteroatoms. The minimum atomic E-state index is -0.141. The lowest BCUT2D eigenvalue weighted by atomic mass is 10.1. The SMILES string of the molecule is CC(C)Cc1nc(CN2CCC[C@H]2C(=O)Nc2ccccc2)no1. The molecule has 0 unspecified atom stereocenters. The van der Waals surface area contributed by atoms with Gasteiger partial charge in [0.2, 0.25) is 11.8 Å². The topological polar surface area (TPSA) is 71.3 Å². The van der Waals surface area contributed by atoms with Crippen LogP contribution in [0.15, 0.2) is 34.9 Å². The first-order valence-corrected chi connectivity index (χ1v) is 8.53. The molecule has 0 radical (unpaired) electrons. The summed E-state index contributed by atoms with van der Waals surface area (Å²) in [6, 6.07) is 9.41. The van der Waals surface area contributed by atoms with Crippen LogP contribution in [-0.2, 0) is 17.8 Å². The lowest BCUT2D eigenvalue weighted by Gasteiger charge is -2.22. The summed E-state index contributed by atoms with van der Waals surface area (Å²) in [6.07, 6.45) is 2.64. The summed E-state index contributed by atoms with van der Waals surface area (Å²) in [7, 11) is 0. The number of para-hydroxylation sites is 1. The monoisotopic (exact) mass is 328 g/mol. The van der Waals surface area contributed by atoms with E-state index in [0.717, 1.165) is 31.5 Å². The molecule has 24 heavy (non-hydrogen) atoms. The number of nitrogens with one attached hydrogen (secondary N) is 1. The van der Waals surface area contributed by atoms with E-state index < -0.39 is 0 Å². The second-order valence-corrected chi connectivity index (χ2v) is 6.69. The van der Waals surface area contributed by atoms with Gasteiger partial charge in [-0.25, -0.2) is 0 Å². The first kappa shape index (κ1) is 16.6. The molecular formula is C18H24N4O2. The maximum Gasteiger partial charge on any atom is 0.241 e. The Hall–Kier alpha value is -2.21. The lowest BCUT2D eigenvalue weighted by molar-refractivity contribution is -0.120. The largest absolute Gasteiger partial charge is 0.339 e. The van der Waals surface area contributed by atoms with Gasteiger partial charge in [0.25, 0.3) is 0 Å². The van der Waals surface area contributed by atoms with E-state index in [4.69, 9.17) is 4.52 Å². The van der Waals surface area contributed by atoms with Crippen molar-refractivity contribution in [2.45, 2.75) is 45.7 Å². The summed E-state index contributed by atoms with van der Waals surface area (Å²) in [4.78, 5) is 19.1. The molecule has 1 saturated heterocycles. The van der Waals surface area contributed by atoms with Crippen molar-refractivity contribution in [1.29, 1.82) is 0 Å². The Balaban J connectivity index is 1.60. The molecule has 1 amide bonds. The van der Waals surface area contributed by atoms with Crippen LogP contribution in [0.5, 0.6) is 0 Å². The number of anilines is 1. The number of carbonyl (C=O) groups is 1. The number of aromatic nitrogens is 2. The minimum Gasteiger partial charge on any atom is -0.339 e. The molecule has 0 spiro atoms. The van der Waals surface area contributed by atoms with Crippen LogP contribution in [0.3, 0.4) is 0 Å². The predicted molar refractivity (Wildman–Crippen MR) is 91.3 cm³/mol. The molecule has 0 saturated carbocycles. The van der Waals surface area contributed by atoms with Crippen LogP contribution in [0.25, 0.3) is 0 Å². The van der Waals surface area contributed by atoms with Crippen LogP contribution in [0.4, 0.5) is 5.69 Å². The van der Waals surface area contributed by atoms with Crippen LogP contribution in [0.1, 0.15) is 38.4 Å². The molecule has 1 fully saturated rings. The van der Waals surface area contributed by atoms with E-state index in [0.29, 0.717) is 24.2 Å². The van der Waals surface area contributed by atoms with Crippen LogP contribution in [0.2, 0.25) is 0 Å². The fourth-order valence-corrected chi connectivity index (χ4v) is 3.03. The number of hydrogen-bond donors (Lipinski definition) is 1. The third-order valence-electron chi connectivity index (χ3n) is 4.15. The zero-order valence-corrected chi connectivity index (χ0v) is 14.2. The number of rotatable bonds is 6. The molecule has 1 aliphatic rings. The van der Waals surface area contributed by atoms with Crippen molar-refractivity contribution in [2.24, 2.45) is 5.92 Å². The molecule has 1 aromatic carbocycles. The Kier molecular flexibility index (Phi) is 5.25. The zero-order valence-electron chi connectivity index (χ0n) is 14.2.